The molecule has 1 aliphatic carbocycles. The molecule has 0 bridgehead atoms. The molecule has 0 radical (unpaired) electrons. The molecule has 1 aromatic carbocycles. The number of likely N-dealkylation sites (N-methyl/N-ethyl adjacent to an activating group) is 1. The van der Waals surface area contributed by atoms with Gasteiger partial charge in [-0.3, -0.25) is 14.2 Å². The van der Waals surface area contributed by atoms with Crippen LogP contribution in [0.15, 0.2) is 41.5 Å². The van der Waals surface area contributed by atoms with Crippen molar-refractivity contribution >= 4 is 27.5 Å². The highest BCUT2D eigenvalue weighted by Crippen LogP contribution is 2.32. The molecule has 1 aliphatic rings. The van der Waals surface area contributed by atoms with Crippen molar-refractivity contribution in [2.24, 2.45) is 5.92 Å². The van der Waals surface area contributed by atoms with Crippen molar-refractivity contribution in [2.75, 3.05) is 20.7 Å². The number of nitrogens with zero attached hydrogens (tertiary/aromatic N) is 3. The highest BCUT2D eigenvalue weighted by atomic mass is 32.1. The Bertz CT molecular complexity index is 1030. The zero-order chi connectivity index (χ0) is 19.0. The second-order valence-electron chi connectivity index (χ2n) is 6.95. The first kappa shape index (κ1) is 17.7. The van der Waals surface area contributed by atoms with E-state index in [0.717, 1.165) is 22.7 Å². The van der Waals surface area contributed by atoms with Gasteiger partial charge in [-0.2, -0.15) is 0 Å². The van der Waals surface area contributed by atoms with Gasteiger partial charge in [0, 0.05) is 18.5 Å². The van der Waals surface area contributed by atoms with Crippen molar-refractivity contribution in [1.29, 1.82) is 0 Å². The highest BCUT2D eigenvalue weighted by molar-refractivity contribution is 7.22. The Morgan fingerprint density at radius 3 is 2.74 bits per heavy atom. The number of amides is 1. The summed E-state index contributed by atoms with van der Waals surface area (Å²) < 4.78 is 7.16. The maximum atomic E-state index is 12.8. The maximum absolute atomic E-state index is 12.8. The van der Waals surface area contributed by atoms with Crippen LogP contribution in [0.3, 0.4) is 0 Å². The number of rotatable bonds is 6. The molecule has 0 spiro atoms. The summed E-state index contributed by atoms with van der Waals surface area (Å²) in [6, 6.07) is 9.60. The van der Waals surface area contributed by atoms with E-state index in [4.69, 9.17) is 4.74 Å². The number of ether oxygens (including phenoxy) is 1. The Labute approximate surface area is 161 Å². The minimum atomic E-state index is -0.169. The van der Waals surface area contributed by atoms with E-state index >= 15 is 0 Å². The van der Waals surface area contributed by atoms with E-state index < -0.39 is 0 Å². The monoisotopic (exact) mass is 383 g/mol. The lowest BCUT2D eigenvalue weighted by atomic mass is 10.2. The lowest BCUT2D eigenvalue weighted by molar-refractivity contribution is -0.130. The SMILES string of the molecule is COc1ccc(-c2cc3ncn(CC(=O)N(C)CC4CC4)c(=O)c3s2)cc1. The van der Waals surface area contributed by atoms with Crippen LogP contribution < -0.4 is 10.3 Å². The van der Waals surface area contributed by atoms with Gasteiger partial charge >= 0.3 is 0 Å². The molecule has 2 heterocycles. The van der Waals surface area contributed by atoms with E-state index in [2.05, 4.69) is 4.98 Å². The molecule has 7 heteroatoms. The molecule has 0 unspecified atom stereocenters. The summed E-state index contributed by atoms with van der Waals surface area (Å²) in [5, 5.41) is 0. The largest absolute Gasteiger partial charge is 0.497 e. The van der Waals surface area contributed by atoms with Crippen LogP contribution >= 0.6 is 11.3 Å². The molecule has 3 aromatic rings. The molecule has 140 valence electrons. The average Bonchev–Trinajstić information content (AvgIpc) is 3.38. The second-order valence-corrected chi connectivity index (χ2v) is 8.00. The van der Waals surface area contributed by atoms with Gasteiger partial charge in [0.1, 0.15) is 17.0 Å². The normalized spacial score (nSPS) is 13.7. The summed E-state index contributed by atoms with van der Waals surface area (Å²) in [6.45, 7) is 0.796. The summed E-state index contributed by atoms with van der Waals surface area (Å²) in [5.41, 5.74) is 1.49. The number of hydrogen-bond acceptors (Lipinski definition) is 5. The molecular formula is C20H21N3O3S. The first-order valence-corrected chi connectivity index (χ1v) is 9.74. The van der Waals surface area contributed by atoms with Gasteiger partial charge in [0.2, 0.25) is 5.91 Å². The van der Waals surface area contributed by atoms with E-state index in [-0.39, 0.29) is 18.0 Å². The lowest BCUT2D eigenvalue weighted by Gasteiger charge is -2.17. The third-order valence-electron chi connectivity index (χ3n) is 4.84. The van der Waals surface area contributed by atoms with Crippen LogP contribution in [0.5, 0.6) is 5.75 Å². The maximum Gasteiger partial charge on any atom is 0.271 e. The molecule has 0 N–H and O–H groups in total. The van der Waals surface area contributed by atoms with Gasteiger partial charge in [-0.05, 0) is 54.7 Å². The summed E-state index contributed by atoms with van der Waals surface area (Å²) in [6.07, 6.45) is 3.85. The Morgan fingerprint density at radius 2 is 2.07 bits per heavy atom. The van der Waals surface area contributed by atoms with Crippen LogP contribution in [0.25, 0.3) is 20.7 Å². The number of methoxy groups -OCH3 is 1. The van der Waals surface area contributed by atoms with E-state index in [1.165, 1.54) is 35.1 Å². The first-order valence-electron chi connectivity index (χ1n) is 8.92. The van der Waals surface area contributed by atoms with E-state index in [0.29, 0.717) is 16.1 Å². The molecule has 6 nitrogen and oxygen atoms in total. The van der Waals surface area contributed by atoms with Crippen molar-refractivity contribution in [2.45, 2.75) is 19.4 Å². The number of aromatic nitrogens is 2. The Balaban J connectivity index is 1.59. The van der Waals surface area contributed by atoms with Crippen LogP contribution in [0.2, 0.25) is 0 Å². The molecule has 0 saturated heterocycles. The number of benzene rings is 1. The van der Waals surface area contributed by atoms with Crippen molar-refractivity contribution in [3.63, 3.8) is 0 Å². The van der Waals surface area contributed by atoms with Gasteiger partial charge in [-0.1, -0.05) is 0 Å². The fraction of sp³-hybridized carbons (Fsp3) is 0.350. The van der Waals surface area contributed by atoms with Crippen molar-refractivity contribution in [3.05, 3.63) is 47.0 Å². The number of thiophene rings is 1. The van der Waals surface area contributed by atoms with Gasteiger partial charge in [-0.15, -0.1) is 11.3 Å². The molecule has 0 atom stereocenters. The Morgan fingerprint density at radius 1 is 1.33 bits per heavy atom. The van der Waals surface area contributed by atoms with Crippen molar-refractivity contribution < 1.29 is 9.53 Å². The molecule has 27 heavy (non-hydrogen) atoms. The van der Waals surface area contributed by atoms with Gasteiger partial charge in [0.25, 0.3) is 5.56 Å². The molecular weight excluding hydrogens is 362 g/mol. The van der Waals surface area contributed by atoms with Crippen LogP contribution in [-0.4, -0.2) is 41.1 Å². The summed E-state index contributed by atoms with van der Waals surface area (Å²) in [5.74, 6) is 1.35. The average molecular weight is 383 g/mol. The zero-order valence-corrected chi connectivity index (χ0v) is 16.2. The number of hydrogen-bond donors (Lipinski definition) is 0. The fourth-order valence-electron chi connectivity index (χ4n) is 3.01. The quantitative estimate of drug-likeness (QED) is 0.656. The van der Waals surface area contributed by atoms with Gasteiger partial charge < -0.3 is 9.64 Å². The second kappa shape index (κ2) is 7.15. The minimum Gasteiger partial charge on any atom is -0.497 e. The molecule has 1 fully saturated rings. The van der Waals surface area contributed by atoms with Crippen molar-refractivity contribution in [3.8, 4) is 16.2 Å². The van der Waals surface area contributed by atoms with Crippen LogP contribution in [-0.2, 0) is 11.3 Å². The fourth-order valence-corrected chi connectivity index (χ4v) is 4.08. The lowest BCUT2D eigenvalue weighted by Crippen LogP contribution is -2.35. The van der Waals surface area contributed by atoms with Crippen LogP contribution in [0, 0.1) is 5.92 Å². The van der Waals surface area contributed by atoms with Gasteiger partial charge in [0.05, 0.1) is 19.0 Å². The standard InChI is InChI=1S/C20H21N3O3S/c1-22(10-13-3-4-13)18(24)11-23-12-21-16-9-17(27-19(16)20(23)25)14-5-7-15(26-2)8-6-14/h5-9,12-13H,3-4,10-11H2,1-2H3. The Hall–Kier alpha value is -2.67. The Kier molecular flexibility index (Phi) is 4.70. The molecule has 0 aliphatic heterocycles. The number of carbonyl (C=O) groups excluding carboxylic acids is 1. The topological polar surface area (TPSA) is 64.4 Å². The molecule has 1 saturated carbocycles. The highest BCUT2D eigenvalue weighted by Gasteiger charge is 2.25. The number of fused-ring (bicyclic) bond motifs is 1. The first-order chi connectivity index (χ1) is 13.0. The molecule has 4 rings (SSSR count). The number of carbonyl (C=O) groups is 1. The predicted octanol–water partition coefficient (Wildman–Crippen LogP) is 3.00. The molecule has 2 aromatic heterocycles. The minimum absolute atomic E-state index is 0.0285. The van der Waals surface area contributed by atoms with E-state index in [1.807, 2.05) is 30.3 Å². The van der Waals surface area contributed by atoms with Crippen LogP contribution in [0.1, 0.15) is 12.8 Å². The summed E-state index contributed by atoms with van der Waals surface area (Å²) in [4.78, 5) is 32.3. The smallest absolute Gasteiger partial charge is 0.271 e. The zero-order valence-electron chi connectivity index (χ0n) is 15.3. The van der Waals surface area contributed by atoms with Crippen LogP contribution in [0.4, 0.5) is 0 Å². The summed E-state index contributed by atoms with van der Waals surface area (Å²) >= 11 is 1.40. The third-order valence-corrected chi connectivity index (χ3v) is 6.00. The summed E-state index contributed by atoms with van der Waals surface area (Å²) in [7, 11) is 3.43. The van der Waals surface area contributed by atoms with Gasteiger partial charge in [-0.25, -0.2) is 4.98 Å². The third kappa shape index (κ3) is 3.73. The predicted molar refractivity (Wildman–Crippen MR) is 106 cm³/mol. The van der Waals surface area contributed by atoms with E-state index in [1.54, 1.807) is 19.1 Å². The van der Waals surface area contributed by atoms with E-state index in [9.17, 15) is 9.59 Å². The van der Waals surface area contributed by atoms with Gasteiger partial charge in [0.15, 0.2) is 0 Å². The van der Waals surface area contributed by atoms with Crippen molar-refractivity contribution in [1.82, 2.24) is 14.5 Å². The molecule has 1 amide bonds.